The number of nitrogens with two attached hydrogens (primary N) is 1. The van der Waals surface area contributed by atoms with Gasteiger partial charge < -0.3 is 16.0 Å². The number of oxime groups is 1. The summed E-state index contributed by atoms with van der Waals surface area (Å²) in [6.07, 6.45) is 1.53. The van der Waals surface area contributed by atoms with Gasteiger partial charge in [0, 0.05) is 17.0 Å². The summed E-state index contributed by atoms with van der Waals surface area (Å²) in [6.45, 7) is 2.01. The molecule has 0 amide bonds. The number of aliphatic hydroxyl groups excluding tert-OH is 1. The Morgan fingerprint density at radius 2 is 2.40 bits per heavy atom. The highest BCUT2D eigenvalue weighted by molar-refractivity contribution is 7.99. The van der Waals surface area contributed by atoms with E-state index in [1.807, 2.05) is 6.92 Å². The van der Waals surface area contributed by atoms with E-state index in [4.69, 9.17) is 16.0 Å². The predicted molar refractivity (Wildman–Crippen MR) is 59.2 cm³/mol. The maximum absolute atomic E-state index is 8.86. The average Bonchev–Trinajstić information content (AvgIpc) is 2.29. The third kappa shape index (κ3) is 3.41. The highest BCUT2D eigenvalue weighted by atomic mass is 32.2. The smallest absolute Gasteiger partial charge is 0.171 e. The fourth-order valence-corrected chi connectivity index (χ4v) is 1.65. The Morgan fingerprint density at radius 3 is 2.87 bits per heavy atom. The van der Waals surface area contributed by atoms with Crippen LogP contribution in [0.5, 0.6) is 0 Å². The van der Waals surface area contributed by atoms with Crippen LogP contribution in [0.1, 0.15) is 12.5 Å². The van der Waals surface area contributed by atoms with Gasteiger partial charge in [0.25, 0.3) is 0 Å². The van der Waals surface area contributed by atoms with E-state index in [0.29, 0.717) is 5.56 Å². The lowest BCUT2D eigenvalue weighted by molar-refractivity contribution is 0.300. The maximum Gasteiger partial charge on any atom is 0.171 e. The average molecular weight is 227 g/mol. The van der Waals surface area contributed by atoms with Gasteiger partial charge in [-0.15, -0.1) is 11.8 Å². The molecule has 0 radical (unpaired) electrons. The molecule has 0 spiro atoms. The molecule has 1 atom stereocenters. The Kier molecular flexibility index (Phi) is 4.38. The zero-order valence-corrected chi connectivity index (χ0v) is 9.11. The van der Waals surface area contributed by atoms with Crippen LogP contribution in [0, 0.1) is 0 Å². The molecule has 1 aromatic rings. The van der Waals surface area contributed by atoms with Gasteiger partial charge in [0.1, 0.15) is 0 Å². The number of rotatable bonds is 4. The van der Waals surface area contributed by atoms with E-state index >= 15 is 0 Å². The van der Waals surface area contributed by atoms with Gasteiger partial charge in [-0.2, -0.15) is 0 Å². The van der Waals surface area contributed by atoms with Crippen LogP contribution in [0.3, 0.4) is 0 Å². The maximum atomic E-state index is 8.86. The number of hydrogen-bond acceptors (Lipinski definition) is 5. The molecule has 1 heterocycles. The van der Waals surface area contributed by atoms with Crippen LogP contribution in [0.25, 0.3) is 0 Å². The van der Waals surface area contributed by atoms with Gasteiger partial charge in [-0.05, 0) is 12.1 Å². The fraction of sp³-hybridized carbons (Fsp3) is 0.333. The van der Waals surface area contributed by atoms with Crippen molar-refractivity contribution in [2.75, 3.05) is 6.61 Å². The van der Waals surface area contributed by atoms with E-state index in [1.54, 1.807) is 12.1 Å². The largest absolute Gasteiger partial charge is 0.409 e. The third-order valence-electron chi connectivity index (χ3n) is 1.72. The molecule has 0 aliphatic carbocycles. The molecule has 0 aliphatic heterocycles. The molecular weight excluding hydrogens is 214 g/mol. The molecule has 15 heavy (non-hydrogen) atoms. The van der Waals surface area contributed by atoms with Crippen LogP contribution < -0.4 is 5.73 Å². The Bertz CT molecular complexity index is 340. The molecule has 0 aliphatic rings. The molecule has 0 bridgehead atoms. The second kappa shape index (κ2) is 5.57. The minimum atomic E-state index is 0.0363. The normalized spacial score (nSPS) is 13.9. The molecule has 0 fully saturated rings. The summed E-state index contributed by atoms with van der Waals surface area (Å²) in [7, 11) is 0. The van der Waals surface area contributed by atoms with E-state index in [1.165, 1.54) is 18.0 Å². The lowest BCUT2D eigenvalue weighted by Crippen LogP contribution is -2.13. The highest BCUT2D eigenvalue weighted by Gasteiger charge is 2.05. The minimum absolute atomic E-state index is 0.0363. The van der Waals surface area contributed by atoms with Crippen LogP contribution in [0.15, 0.2) is 28.5 Å². The zero-order chi connectivity index (χ0) is 11.3. The van der Waals surface area contributed by atoms with Gasteiger partial charge in [-0.1, -0.05) is 12.1 Å². The van der Waals surface area contributed by atoms with Crippen LogP contribution in [-0.4, -0.2) is 33.0 Å². The van der Waals surface area contributed by atoms with Crippen LogP contribution >= 0.6 is 11.8 Å². The van der Waals surface area contributed by atoms with E-state index in [9.17, 15) is 0 Å². The quantitative estimate of drug-likeness (QED) is 0.231. The molecular formula is C9H13N3O2S. The topological polar surface area (TPSA) is 91.7 Å². The van der Waals surface area contributed by atoms with E-state index in [2.05, 4.69) is 10.1 Å². The Hall–Kier alpha value is -1.27. The van der Waals surface area contributed by atoms with Gasteiger partial charge in [-0.25, -0.2) is 4.98 Å². The van der Waals surface area contributed by atoms with Crippen molar-refractivity contribution < 1.29 is 10.3 Å². The van der Waals surface area contributed by atoms with E-state index in [0.717, 1.165) is 5.03 Å². The first-order valence-electron chi connectivity index (χ1n) is 4.39. The first kappa shape index (κ1) is 11.8. The molecule has 1 rings (SSSR count). The molecule has 0 aromatic carbocycles. The molecule has 0 saturated heterocycles. The molecule has 6 heteroatoms. The molecule has 0 saturated carbocycles. The van der Waals surface area contributed by atoms with Crippen molar-refractivity contribution in [1.82, 2.24) is 4.98 Å². The number of thioether (sulfide) groups is 1. The van der Waals surface area contributed by atoms with Crippen molar-refractivity contribution in [3.63, 3.8) is 0 Å². The Labute approximate surface area is 92.0 Å². The van der Waals surface area contributed by atoms with Crippen LogP contribution in [-0.2, 0) is 0 Å². The molecule has 4 N–H and O–H groups in total. The summed E-state index contributed by atoms with van der Waals surface area (Å²) in [5, 5.41) is 21.1. The highest BCUT2D eigenvalue weighted by Crippen LogP contribution is 2.20. The lowest BCUT2D eigenvalue weighted by atomic mass is 10.3. The molecule has 1 aromatic heterocycles. The first-order chi connectivity index (χ1) is 7.17. The van der Waals surface area contributed by atoms with Crippen LogP contribution in [0.2, 0.25) is 0 Å². The molecule has 5 nitrogen and oxygen atoms in total. The second-order valence-electron chi connectivity index (χ2n) is 2.98. The van der Waals surface area contributed by atoms with Crippen molar-refractivity contribution in [3.05, 3.63) is 23.9 Å². The van der Waals surface area contributed by atoms with Gasteiger partial charge >= 0.3 is 0 Å². The lowest BCUT2D eigenvalue weighted by Gasteiger charge is -2.06. The van der Waals surface area contributed by atoms with Crippen molar-refractivity contribution in [1.29, 1.82) is 0 Å². The number of aliphatic hydroxyl groups is 1. The van der Waals surface area contributed by atoms with Crippen molar-refractivity contribution in [3.8, 4) is 0 Å². The van der Waals surface area contributed by atoms with Crippen molar-refractivity contribution >= 4 is 17.6 Å². The fourth-order valence-electron chi connectivity index (χ4n) is 0.903. The summed E-state index contributed by atoms with van der Waals surface area (Å²) in [6, 6.07) is 3.48. The second-order valence-corrected chi connectivity index (χ2v) is 4.44. The summed E-state index contributed by atoms with van der Waals surface area (Å²) in [4.78, 5) is 4.12. The van der Waals surface area contributed by atoms with Gasteiger partial charge in [-0.3, -0.25) is 0 Å². The van der Waals surface area contributed by atoms with E-state index in [-0.39, 0.29) is 17.7 Å². The number of aromatic nitrogens is 1. The summed E-state index contributed by atoms with van der Waals surface area (Å²) < 4.78 is 0. The van der Waals surface area contributed by atoms with Gasteiger partial charge in [0.05, 0.1) is 11.6 Å². The van der Waals surface area contributed by atoms with Crippen molar-refractivity contribution in [2.45, 2.75) is 17.2 Å². The summed E-state index contributed by atoms with van der Waals surface area (Å²) in [5.41, 5.74) is 5.95. The summed E-state index contributed by atoms with van der Waals surface area (Å²) in [5.74, 6) is 0.0363. The number of nitrogens with zero attached hydrogens (tertiary/aromatic N) is 2. The summed E-state index contributed by atoms with van der Waals surface area (Å²) >= 11 is 1.47. The van der Waals surface area contributed by atoms with Crippen LogP contribution in [0.4, 0.5) is 0 Å². The standard InChI is InChI=1S/C9H13N3O2S/c1-6(5-13)15-8-3-2-7(4-11-8)9(10)12-14/h2-4,6,13-14H,5H2,1H3,(H2,10,12). The first-order valence-corrected chi connectivity index (χ1v) is 5.26. The Morgan fingerprint density at radius 1 is 1.67 bits per heavy atom. The molecule has 1 unspecified atom stereocenters. The number of amidine groups is 1. The monoisotopic (exact) mass is 227 g/mol. The zero-order valence-electron chi connectivity index (χ0n) is 8.29. The third-order valence-corrected chi connectivity index (χ3v) is 2.75. The van der Waals surface area contributed by atoms with Crippen molar-refractivity contribution in [2.24, 2.45) is 10.9 Å². The number of pyridine rings is 1. The SMILES string of the molecule is CC(CO)Sc1ccc(/C(N)=N/O)cn1. The Balaban J connectivity index is 2.72. The van der Waals surface area contributed by atoms with Gasteiger partial charge in [0.2, 0.25) is 0 Å². The van der Waals surface area contributed by atoms with E-state index < -0.39 is 0 Å². The molecule has 82 valence electrons. The number of hydrogen-bond donors (Lipinski definition) is 3. The van der Waals surface area contributed by atoms with Gasteiger partial charge in [0.15, 0.2) is 5.84 Å². The predicted octanol–water partition coefficient (Wildman–Crippen LogP) is 0.649. The minimum Gasteiger partial charge on any atom is -0.409 e.